The molecule has 0 radical (unpaired) electrons. The summed E-state index contributed by atoms with van der Waals surface area (Å²) in [5.41, 5.74) is 1.79. The predicted octanol–water partition coefficient (Wildman–Crippen LogP) is 2.25. The maximum Gasteiger partial charge on any atom is 0.262 e. The van der Waals surface area contributed by atoms with Crippen LogP contribution in [0.25, 0.3) is 0 Å². The lowest BCUT2D eigenvalue weighted by molar-refractivity contribution is -0.118. The molecule has 8 heteroatoms. The Hall–Kier alpha value is -2.87. The van der Waals surface area contributed by atoms with E-state index in [2.05, 4.69) is 5.32 Å². The fraction of sp³-hybridized carbons (Fsp3) is 0.263. The Morgan fingerprint density at radius 2 is 1.85 bits per heavy atom. The van der Waals surface area contributed by atoms with Crippen molar-refractivity contribution in [1.29, 1.82) is 0 Å². The molecule has 1 aliphatic rings. The summed E-state index contributed by atoms with van der Waals surface area (Å²) in [6.07, 6.45) is 1.15. The molecule has 7 nitrogen and oxygen atoms in total. The Labute approximate surface area is 157 Å². The number of nitrogens with zero attached hydrogens (tertiary/aromatic N) is 1. The molecular formula is C19H20N2O5S. The SMILES string of the molecule is C[C@H](c1ccc(S(C)(=O)=O)cc1)N(C)C(=O)c1ccc2c(c1)OCC(=O)N2. The molecule has 1 aliphatic heterocycles. The van der Waals surface area contributed by atoms with Crippen LogP contribution in [0.3, 0.4) is 0 Å². The molecule has 0 saturated carbocycles. The molecule has 0 fully saturated rings. The van der Waals surface area contributed by atoms with E-state index in [1.807, 2.05) is 6.92 Å². The summed E-state index contributed by atoms with van der Waals surface area (Å²) in [5.74, 6) is 0.0156. The predicted molar refractivity (Wildman–Crippen MR) is 101 cm³/mol. The highest BCUT2D eigenvalue weighted by Gasteiger charge is 2.22. The first-order chi connectivity index (χ1) is 12.7. The zero-order chi connectivity index (χ0) is 19.8. The van der Waals surface area contributed by atoms with E-state index in [1.165, 1.54) is 12.1 Å². The number of hydrogen-bond acceptors (Lipinski definition) is 5. The first-order valence-electron chi connectivity index (χ1n) is 8.30. The van der Waals surface area contributed by atoms with Gasteiger partial charge in [-0.25, -0.2) is 8.42 Å². The highest BCUT2D eigenvalue weighted by Crippen LogP contribution is 2.30. The molecule has 1 N–H and O–H groups in total. The number of fused-ring (bicyclic) bond motifs is 1. The molecule has 142 valence electrons. The summed E-state index contributed by atoms with van der Waals surface area (Å²) in [6.45, 7) is 1.78. The Balaban J connectivity index is 1.79. The van der Waals surface area contributed by atoms with Gasteiger partial charge in [-0.15, -0.1) is 0 Å². The van der Waals surface area contributed by atoms with Crippen molar-refractivity contribution < 1.29 is 22.7 Å². The molecule has 3 rings (SSSR count). The van der Waals surface area contributed by atoms with Gasteiger partial charge in [0, 0.05) is 18.9 Å². The van der Waals surface area contributed by atoms with Crippen LogP contribution in [0.15, 0.2) is 47.4 Å². The number of sulfone groups is 1. The Morgan fingerprint density at radius 3 is 2.48 bits per heavy atom. The highest BCUT2D eigenvalue weighted by atomic mass is 32.2. The zero-order valence-electron chi connectivity index (χ0n) is 15.2. The van der Waals surface area contributed by atoms with Crippen LogP contribution in [-0.4, -0.2) is 45.0 Å². The monoisotopic (exact) mass is 388 g/mol. The van der Waals surface area contributed by atoms with E-state index in [-0.39, 0.29) is 29.4 Å². The standard InChI is InChI=1S/C19H20N2O5S/c1-12(13-4-7-15(8-5-13)27(3,24)25)21(2)19(23)14-6-9-16-17(10-14)26-11-18(22)20-16/h4-10,12H,11H2,1-3H3,(H,20,22)/t12-/m1/s1. The minimum atomic E-state index is -3.26. The summed E-state index contributed by atoms with van der Waals surface area (Å²) < 4.78 is 28.5. The third kappa shape index (κ3) is 3.95. The van der Waals surface area contributed by atoms with Gasteiger partial charge in [-0.1, -0.05) is 12.1 Å². The van der Waals surface area contributed by atoms with E-state index in [1.54, 1.807) is 42.3 Å². The van der Waals surface area contributed by atoms with Gasteiger partial charge in [0.1, 0.15) is 5.75 Å². The Bertz CT molecular complexity index is 999. The summed E-state index contributed by atoms with van der Waals surface area (Å²) in [5, 5.41) is 2.68. The normalized spacial score (nSPS) is 14.6. The summed E-state index contributed by atoms with van der Waals surface area (Å²) >= 11 is 0. The van der Waals surface area contributed by atoms with Crippen molar-refractivity contribution in [3.8, 4) is 5.75 Å². The molecule has 0 aromatic heterocycles. The molecular weight excluding hydrogens is 368 g/mol. The molecule has 0 unspecified atom stereocenters. The van der Waals surface area contributed by atoms with Crippen LogP contribution in [0.4, 0.5) is 5.69 Å². The lowest BCUT2D eigenvalue weighted by Gasteiger charge is -2.26. The molecule has 2 aromatic carbocycles. The van der Waals surface area contributed by atoms with Gasteiger partial charge in [0.05, 0.1) is 16.6 Å². The van der Waals surface area contributed by atoms with Crippen molar-refractivity contribution in [2.24, 2.45) is 0 Å². The maximum absolute atomic E-state index is 12.8. The zero-order valence-corrected chi connectivity index (χ0v) is 16.0. The number of benzene rings is 2. The van der Waals surface area contributed by atoms with Gasteiger partial charge in [-0.05, 0) is 42.8 Å². The number of carbonyl (C=O) groups is 2. The molecule has 1 atom stereocenters. The van der Waals surface area contributed by atoms with Crippen LogP contribution >= 0.6 is 0 Å². The van der Waals surface area contributed by atoms with Crippen molar-refractivity contribution >= 4 is 27.3 Å². The molecule has 0 spiro atoms. The molecule has 2 amide bonds. The van der Waals surface area contributed by atoms with Crippen LogP contribution in [0.5, 0.6) is 5.75 Å². The third-order valence-corrected chi connectivity index (χ3v) is 5.68. The van der Waals surface area contributed by atoms with Gasteiger partial charge < -0.3 is 15.0 Å². The van der Waals surface area contributed by atoms with Crippen molar-refractivity contribution in [2.75, 3.05) is 25.2 Å². The average Bonchev–Trinajstić information content (AvgIpc) is 2.65. The van der Waals surface area contributed by atoms with Crippen LogP contribution in [0.1, 0.15) is 28.9 Å². The fourth-order valence-electron chi connectivity index (χ4n) is 2.80. The molecule has 2 aromatic rings. The minimum absolute atomic E-state index is 0.0798. The largest absolute Gasteiger partial charge is 0.482 e. The van der Waals surface area contributed by atoms with E-state index < -0.39 is 9.84 Å². The fourth-order valence-corrected chi connectivity index (χ4v) is 3.43. The first-order valence-corrected chi connectivity index (χ1v) is 10.2. The second-order valence-electron chi connectivity index (χ2n) is 6.48. The molecule has 27 heavy (non-hydrogen) atoms. The van der Waals surface area contributed by atoms with Crippen LogP contribution in [-0.2, 0) is 14.6 Å². The quantitative estimate of drug-likeness (QED) is 0.867. The van der Waals surface area contributed by atoms with Crippen LogP contribution in [0.2, 0.25) is 0 Å². The van der Waals surface area contributed by atoms with Gasteiger partial charge in [0.25, 0.3) is 11.8 Å². The van der Waals surface area contributed by atoms with Crippen molar-refractivity contribution in [2.45, 2.75) is 17.9 Å². The number of hydrogen-bond donors (Lipinski definition) is 1. The summed E-state index contributed by atoms with van der Waals surface area (Å²) in [4.78, 5) is 26.0. The van der Waals surface area contributed by atoms with E-state index in [0.717, 1.165) is 11.8 Å². The summed E-state index contributed by atoms with van der Waals surface area (Å²) in [6, 6.07) is 11.1. The second-order valence-corrected chi connectivity index (χ2v) is 8.50. The van der Waals surface area contributed by atoms with E-state index in [9.17, 15) is 18.0 Å². The highest BCUT2D eigenvalue weighted by molar-refractivity contribution is 7.90. The van der Waals surface area contributed by atoms with E-state index in [4.69, 9.17) is 4.74 Å². The van der Waals surface area contributed by atoms with Crippen molar-refractivity contribution in [1.82, 2.24) is 4.90 Å². The van der Waals surface area contributed by atoms with E-state index >= 15 is 0 Å². The number of anilines is 1. The van der Waals surface area contributed by atoms with Crippen molar-refractivity contribution in [3.05, 3.63) is 53.6 Å². The molecule has 1 heterocycles. The lowest BCUT2D eigenvalue weighted by Crippen LogP contribution is -2.30. The second kappa shape index (κ2) is 7.03. The van der Waals surface area contributed by atoms with Gasteiger partial charge in [-0.2, -0.15) is 0 Å². The number of rotatable bonds is 4. The van der Waals surface area contributed by atoms with Gasteiger partial charge in [0.15, 0.2) is 16.4 Å². The number of nitrogens with one attached hydrogen (secondary N) is 1. The van der Waals surface area contributed by atoms with Gasteiger partial charge >= 0.3 is 0 Å². The number of ether oxygens (including phenoxy) is 1. The minimum Gasteiger partial charge on any atom is -0.482 e. The molecule has 0 bridgehead atoms. The Kier molecular flexibility index (Phi) is 4.93. The van der Waals surface area contributed by atoms with Crippen LogP contribution < -0.4 is 10.1 Å². The Morgan fingerprint density at radius 1 is 1.19 bits per heavy atom. The van der Waals surface area contributed by atoms with E-state index in [0.29, 0.717) is 17.0 Å². The van der Waals surface area contributed by atoms with Gasteiger partial charge in [-0.3, -0.25) is 9.59 Å². The first kappa shape index (κ1) is 18.9. The number of amides is 2. The third-order valence-electron chi connectivity index (χ3n) is 4.55. The van der Waals surface area contributed by atoms with Crippen LogP contribution in [0, 0.1) is 0 Å². The average molecular weight is 388 g/mol. The molecule has 0 aliphatic carbocycles. The topological polar surface area (TPSA) is 92.8 Å². The molecule has 0 saturated heterocycles. The number of carbonyl (C=O) groups excluding carboxylic acids is 2. The van der Waals surface area contributed by atoms with Crippen molar-refractivity contribution in [3.63, 3.8) is 0 Å². The van der Waals surface area contributed by atoms with Gasteiger partial charge in [0.2, 0.25) is 0 Å². The lowest BCUT2D eigenvalue weighted by atomic mass is 10.1. The maximum atomic E-state index is 12.8. The smallest absolute Gasteiger partial charge is 0.262 e. The summed E-state index contributed by atoms with van der Waals surface area (Å²) in [7, 11) is -1.58.